The number of aromatic amines is 1. The number of nitrogens with one attached hydrogen (secondary N) is 1. The molecule has 17 heavy (non-hydrogen) atoms. The summed E-state index contributed by atoms with van der Waals surface area (Å²) in [6, 6.07) is 5.16. The lowest BCUT2D eigenvalue weighted by atomic mass is 10.3. The summed E-state index contributed by atoms with van der Waals surface area (Å²) in [4.78, 5) is 15.2. The van der Waals surface area contributed by atoms with Crippen LogP contribution in [0, 0.1) is 11.3 Å². The monoisotopic (exact) mass is 248 g/mol. The molecule has 2 heterocycles. The first kappa shape index (κ1) is 11.2. The van der Waals surface area contributed by atoms with Crippen molar-refractivity contribution >= 4 is 17.4 Å². The fourth-order valence-electron chi connectivity index (χ4n) is 1.12. The summed E-state index contributed by atoms with van der Waals surface area (Å²) in [5.41, 5.74) is 5.74. The van der Waals surface area contributed by atoms with Gasteiger partial charge in [0.2, 0.25) is 0 Å². The molecular weight excluding hydrogens is 240 g/mol. The summed E-state index contributed by atoms with van der Waals surface area (Å²) in [7, 11) is 1.59. The molecule has 0 fully saturated rings. The van der Waals surface area contributed by atoms with E-state index in [9.17, 15) is 4.79 Å². The molecule has 0 bridgehead atoms. The van der Waals surface area contributed by atoms with Gasteiger partial charge in [0.15, 0.2) is 10.9 Å². The van der Waals surface area contributed by atoms with Crippen LogP contribution in [0.4, 0.5) is 5.69 Å². The van der Waals surface area contributed by atoms with Crippen LogP contribution in [-0.4, -0.2) is 19.7 Å². The molecule has 0 aliphatic carbocycles. The Kier molecular flexibility index (Phi) is 2.84. The molecule has 86 valence electrons. The van der Waals surface area contributed by atoms with Gasteiger partial charge in [-0.2, -0.15) is 5.26 Å². The number of aromatic nitrogens is 4. The molecule has 7 nitrogen and oxygen atoms in total. The topological polar surface area (TPSA) is 113 Å². The van der Waals surface area contributed by atoms with Gasteiger partial charge >= 0.3 is 5.69 Å². The van der Waals surface area contributed by atoms with Gasteiger partial charge < -0.3 is 5.73 Å². The molecule has 0 aliphatic heterocycles. The first-order chi connectivity index (χ1) is 8.11. The van der Waals surface area contributed by atoms with E-state index in [-0.39, 0.29) is 11.4 Å². The van der Waals surface area contributed by atoms with Gasteiger partial charge in [-0.3, -0.25) is 4.57 Å². The maximum atomic E-state index is 11.1. The summed E-state index contributed by atoms with van der Waals surface area (Å²) < 4.78 is 1.36. The Morgan fingerprint density at radius 2 is 2.35 bits per heavy atom. The number of nitrogen functional groups attached to an aromatic ring is 1. The molecule has 8 heteroatoms. The van der Waals surface area contributed by atoms with Crippen molar-refractivity contribution in [2.24, 2.45) is 7.05 Å². The lowest BCUT2D eigenvalue weighted by Crippen LogP contribution is -2.12. The number of rotatable bonds is 2. The molecule has 2 rings (SSSR count). The van der Waals surface area contributed by atoms with Crippen molar-refractivity contribution < 1.29 is 0 Å². The Bertz CT molecular complexity index is 652. The van der Waals surface area contributed by atoms with E-state index in [4.69, 9.17) is 11.0 Å². The van der Waals surface area contributed by atoms with Gasteiger partial charge in [0.25, 0.3) is 0 Å². The Hall–Kier alpha value is -2.27. The van der Waals surface area contributed by atoms with Crippen LogP contribution in [0.25, 0.3) is 0 Å². The SMILES string of the molecule is Cn1c(Sc2ccc(N)c(C#N)n2)n[nH]c1=O. The Morgan fingerprint density at radius 3 is 2.94 bits per heavy atom. The Labute approximate surface area is 100 Å². The van der Waals surface area contributed by atoms with Gasteiger partial charge in [-0.15, -0.1) is 5.10 Å². The number of nitriles is 1. The van der Waals surface area contributed by atoms with E-state index in [2.05, 4.69) is 15.2 Å². The molecule has 2 aromatic rings. The molecule has 0 aliphatic rings. The van der Waals surface area contributed by atoms with Gasteiger partial charge in [-0.25, -0.2) is 14.9 Å². The van der Waals surface area contributed by atoms with Gasteiger partial charge in [-0.05, 0) is 23.9 Å². The highest BCUT2D eigenvalue weighted by Crippen LogP contribution is 2.24. The zero-order valence-corrected chi connectivity index (χ0v) is 9.65. The van der Waals surface area contributed by atoms with Crippen molar-refractivity contribution in [2.45, 2.75) is 10.2 Å². The number of nitrogens with two attached hydrogens (primary N) is 1. The van der Waals surface area contributed by atoms with Gasteiger partial charge in [-0.1, -0.05) is 0 Å². The number of pyridine rings is 1. The van der Waals surface area contributed by atoms with Crippen LogP contribution in [0.15, 0.2) is 27.1 Å². The van der Waals surface area contributed by atoms with E-state index < -0.39 is 0 Å². The maximum absolute atomic E-state index is 11.1. The quantitative estimate of drug-likeness (QED) is 0.779. The second kappa shape index (κ2) is 4.31. The highest BCUT2D eigenvalue weighted by atomic mass is 32.2. The first-order valence-corrected chi connectivity index (χ1v) is 5.39. The molecule has 0 unspecified atom stereocenters. The van der Waals surface area contributed by atoms with E-state index in [1.165, 1.54) is 16.3 Å². The fourth-order valence-corrected chi connectivity index (χ4v) is 1.89. The lowest BCUT2D eigenvalue weighted by molar-refractivity contribution is 0.764. The van der Waals surface area contributed by atoms with E-state index in [0.29, 0.717) is 15.9 Å². The Morgan fingerprint density at radius 1 is 1.59 bits per heavy atom. The van der Waals surface area contributed by atoms with E-state index in [1.807, 2.05) is 6.07 Å². The third kappa shape index (κ3) is 2.14. The predicted octanol–water partition coefficient (Wildman–Crippen LogP) is 0.108. The molecule has 0 spiro atoms. The van der Waals surface area contributed by atoms with Gasteiger partial charge in [0, 0.05) is 7.05 Å². The number of anilines is 1. The summed E-state index contributed by atoms with van der Waals surface area (Å²) >= 11 is 1.18. The van der Waals surface area contributed by atoms with Crippen LogP contribution in [0.5, 0.6) is 0 Å². The second-order valence-corrected chi connectivity index (χ2v) is 4.16. The van der Waals surface area contributed by atoms with Crippen LogP contribution in [0.2, 0.25) is 0 Å². The third-order valence-corrected chi connectivity index (χ3v) is 3.03. The van der Waals surface area contributed by atoms with Crippen molar-refractivity contribution in [2.75, 3.05) is 5.73 Å². The number of nitrogens with zero attached hydrogens (tertiary/aromatic N) is 4. The van der Waals surface area contributed by atoms with E-state index in [1.54, 1.807) is 19.2 Å². The van der Waals surface area contributed by atoms with Crippen molar-refractivity contribution in [3.05, 3.63) is 28.3 Å². The zero-order valence-electron chi connectivity index (χ0n) is 8.84. The molecule has 0 saturated carbocycles. The van der Waals surface area contributed by atoms with Gasteiger partial charge in [0.05, 0.1) is 5.69 Å². The first-order valence-electron chi connectivity index (χ1n) is 4.57. The zero-order chi connectivity index (χ0) is 12.4. The van der Waals surface area contributed by atoms with E-state index in [0.717, 1.165) is 0 Å². The van der Waals surface area contributed by atoms with Crippen LogP contribution >= 0.6 is 11.8 Å². The highest BCUT2D eigenvalue weighted by Gasteiger charge is 2.09. The largest absolute Gasteiger partial charge is 0.396 e. The van der Waals surface area contributed by atoms with Crippen LogP contribution in [0.1, 0.15) is 5.69 Å². The van der Waals surface area contributed by atoms with Crippen molar-refractivity contribution in [1.82, 2.24) is 19.7 Å². The van der Waals surface area contributed by atoms with Crippen LogP contribution in [0.3, 0.4) is 0 Å². The Balaban J connectivity index is 2.34. The summed E-state index contributed by atoms with van der Waals surface area (Å²) in [6.45, 7) is 0. The minimum Gasteiger partial charge on any atom is -0.396 e. The maximum Gasteiger partial charge on any atom is 0.343 e. The number of hydrogen-bond acceptors (Lipinski definition) is 6. The van der Waals surface area contributed by atoms with Crippen LogP contribution < -0.4 is 11.4 Å². The lowest BCUT2D eigenvalue weighted by Gasteiger charge is -2.01. The molecule has 0 aromatic carbocycles. The molecule has 0 saturated heterocycles. The van der Waals surface area contributed by atoms with Crippen molar-refractivity contribution in [3.63, 3.8) is 0 Å². The summed E-state index contributed by atoms with van der Waals surface area (Å²) in [5, 5.41) is 16.0. The van der Waals surface area contributed by atoms with Crippen LogP contribution in [-0.2, 0) is 7.05 Å². The fraction of sp³-hybridized carbons (Fsp3) is 0.111. The smallest absolute Gasteiger partial charge is 0.343 e. The predicted molar refractivity (Wildman–Crippen MR) is 61.3 cm³/mol. The molecule has 0 atom stereocenters. The average molecular weight is 248 g/mol. The summed E-state index contributed by atoms with van der Waals surface area (Å²) in [6.07, 6.45) is 0. The average Bonchev–Trinajstić information content (AvgIpc) is 2.63. The standard InChI is InChI=1S/C9H8N6OS/c1-15-8(16)13-14-9(15)17-7-3-2-5(11)6(4-10)12-7/h2-3H,11H2,1H3,(H,13,16). The second-order valence-electron chi connectivity index (χ2n) is 3.17. The van der Waals surface area contributed by atoms with E-state index >= 15 is 0 Å². The third-order valence-electron chi connectivity index (χ3n) is 2.04. The molecule has 0 amide bonds. The number of H-pyrrole nitrogens is 1. The highest BCUT2D eigenvalue weighted by molar-refractivity contribution is 7.99. The molecule has 0 radical (unpaired) electrons. The number of hydrogen-bond donors (Lipinski definition) is 2. The van der Waals surface area contributed by atoms with Crippen molar-refractivity contribution in [3.8, 4) is 6.07 Å². The minimum absolute atomic E-state index is 0.163. The minimum atomic E-state index is -0.302. The molecular formula is C9H8N6OS. The molecule has 2 aromatic heterocycles. The molecule has 3 N–H and O–H groups in total. The van der Waals surface area contributed by atoms with Crippen molar-refractivity contribution in [1.29, 1.82) is 5.26 Å². The summed E-state index contributed by atoms with van der Waals surface area (Å²) in [5.74, 6) is 0. The normalized spacial score (nSPS) is 10.1. The van der Waals surface area contributed by atoms with Gasteiger partial charge in [0.1, 0.15) is 11.1 Å².